The van der Waals surface area contributed by atoms with Crippen molar-refractivity contribution in [3.63, 3.8) is 0 Å². The van der Waals surface area contributed by atoms with Crippen LogP contribution in [0, 0.1) is 0 Å². The average molecular weight is 248 g/mol. The van der Waals surface area contributed by atoms with Gasteiger partial charge in [-0.2, -0.15) is 0 Å². The fourth-order valence-electron chi connectivity index (χ4n) is 1.40. The number of nitrogens with zero attached hydrogens (tertiary/aromatic N) is 2. The number of hydrogen-bond acceptors (Lipinski definition) is 5. The van der Waals surface area contributed by atoms with Gasteiger partial charge in [-0.05, 0) is 12.1 Å². The van der Waals surface area contributed by atoms with Crippen LogP contribution in [-0.2, 0) is 0 Å². The van der Waals surface area contributed by atoms with Gasteiger partial charge in [-0.15, -0.1) is 0 Å². The number of anilines is 3. The van der Waals surface area contributed by atoms with Crippen LogP contribution in [0.3, 0.4) is 0 Å². The van der Waals surface area contributed by atoms with E-state index >= 15 is 0 Å². The molecule has 0 bridgehead atoms. The fraction of sp³-hybridized carbons (Fsp3) is 0.0909. The second-order valence-electron chi connectivity index (χ2n) is 3.47. The minimum Gasteiger partial charge on any atom is -0.382 e. The normalized spacial score (nSPS) is 10.2. The van der Waals surface area contributed by atoms with E-state index in [4.69, 9.17) is 11.5 Å². The molecule has 0 aliphatic carbocycles. The Bertz CT molecular complexity index is 538. The molecular weight excluding hydrogens is 236 g/mol. The zero-order valence-corrected chi connectivity index (χ0v) is 10.1. The molecular formula is C11H12N4OS. The van der Waals surface area contributed by atoms with Gasteiger partial charge in [0.2, 0.25) is 0 Å². The molecule has 4 N–H and O–H groups in total. The molecule has 1 amide bonds. The molecule has 0 saturated heterocycles. The maximum absolute atomic E-state index is 11.1. The van der Waals surface area contributed by atoms with Gasteiger partial charge >= 0.3 is 0 Å². The van der Waals surface area contributed by atoms with Gasteiger partial charge in [-0.1, -0.05) is 29.5 Å². The zero-order chi connectivity index (χ0) is 12.4. The monoisotopic (exact) mass is 248 g/mol. The number of benzene rings is 1. The number of primary amides is 1. The number of carbonyl (C=O) groups excluding carboxylic acids is 1. The minimum atomic E-state index is -0.548. The summed E-state index contributed by atoms with van der Waals surface area (Å²) in [6.45, 7) is 0. The van der Waals surface area contributed by atoms with Crippen molar-refractivity contribution in [2.45, 2.75) is 0 Å². The number of carbonyl (C=O) groups is 1. The van der Waals surface area contributed by atoms with Crippen LogP contribution in [0.1, 0.15) is 9.67 Å². The van der Waals surface area contributed by atoms with Gasteiger partial charge in [0, 0.05) is 12.7 Å². The van der Waals surface area contributed by atoms with E-state index in [2.05, 4.69) is 4.98 Å². The predicted octanol–water partition coefficient (Wildman–Crippen LogP) is 1.59. The summed E-state index contributed by atoms with van der Waals surface area (Å²) in [5, 5.41) is 0.641. The van der Waals surface area contributed by atoms with Gasteiger partial charge in [0.05, 0.1) is 0 Å². The number of nitrogens with two attached hydrogens (primary N) is 2. The summed E-state index contributed by atoms with van der Waals surface area (Å²) in [6, 6.07) is 9.68. The quantitative estimate of drug-likeness (QED) is 0.863. The van der Waals surface area contributed by atoms with Crippen molar-refractivity contribution in [3.8, 4) is 0 Å². The third-order valence-corrected chi connectivity index (χ3v) is 3.46. The summed E-state index contributed by atoms with van der Waals surface area (Å²) >= 11 is 1.19. The van der Waals surface area contributed by atoms with Gasteiger partial charge in [0.1, 0.15) is 10.7 Å². The smallest absolute Gasteiger partial charge is 0.262 e. The maximum atomic E-state index is 11.1. The zero-order valence-electron chi connectivity index (χ0n) is 9.25. The molecule has 0 spiro atoms. The van der Waals surface area contributed by atoms with E-state index in [1.165, 1.54) is 11.3 Å². The van der Waals surface area contributed by atoms with Crippen molar-refractivity contribution in [3.05, 3.63) is 35.2 Å². The van der Waals surface area contributed by atoms with Gasteiger partial charge in [-0.3, -0.25) is 4.79 Å². The first-order chi connectivity index (χ1) is 8.09. The first-order valence-electron chi connectivity index (χ1n) is 4.94. The number of nitrogen functional groups attached to an aromatic ring is 1. The van der Waals surface area contributed by atoms with E-state index in [-0.39, 0.29) is 5.82 Å². The van der Waals surface area contributed by atoms with Crippen molar-refractivity contribution >= 4 is 33.9 Å². The number of aromatic nitrogens is 1. The molecule has 0 aliphatic heterocycles. The first-order valence-corrected chi connectivity index (χ1v) is 5.76. The number of amides is 1. The van der Waals surface area contributed by atoms with Crippen LogP contribution in [0.2, 0.25) is 0 Å². The molecule has 6 heteroatoms. The Labute approximate surface area is 103 Å². The second kappa shape index (κ2) is 4.42. The van der Waals surface area contributed by atoms with Crippen LogP contribution in [0.15, 0.2) is 30.3 Å². The summed E-state index contributed by atoms with van der Waals surface area (Å²) in [5.74, 6) is -0.368. The van der Waals surface area contributed by atoms with Crippen LogP contribution in [0.4, 0.5) is 16.6 Å². The molecule has 5 nitrogen and oxygen atoms in total. The Hall–Kier alpha value is -2.08. The Kier molecular flexibility index (Phi) is 2.97. The maximum Gasteiger partial charge on any atom is 0.262 e. The van der Waals surface area contributed by atoms with Crippen LogP contribution in [-0.4, -0.2) is 17.9 Å². The molecule has 2 rings (SSSR count). The van der Waals surface area contributed by atoms with Crippen molar-refractivity contribution in [2.75, 3.05) is 17.7 Å². The van der Waals surface area contributed by atoms with E-state index < -0.39 is 5.91 Å². The summed E-state index contributed by atoms with van der Waals surface area (Å²) in [5.41, 5.74) is 11.8. The minimum absolute atomic E-state index is 0.181. The molecule has 0 fully saturated rings. The Morgan fingerprint density at radius 1 is 1.35 bits per heavy atom. The third-order valence-electron chi connectivity index (χ3n) is 2.30. The van der Waals surface area contributed by atoms with Gasteiger partial charge in [0.25, 0.3) is 5.91 Å². The molecule has 0 radical (unpaired) electrons. The average Bonchev–Trinajstić information content (AvgIpc) is 2.71. The van der Waals surface area contributed by atoms with Crippen molar-refractivity contribution in [2.24, 2.45) is 5.73 Å². The van der Waals surface area contributed by atoms with Gasteiger partial charge in [-0.25, -0.2) is 4.98 Å². The molecule has 0 saturated carbocycles. The SMILES string of the molecule is CN(c1ccccc1)c1nc(N)c(C(N)=O)s1. The molecule has 2 aromatic rings. The van der Waals surface area contributed by atoms with E-state index in [0.29, 0.717) is 10.0 Å². The lowest BCUT2D eigenvalue weighted by Crippen LogP contribution is -2.10. The molecule has 1 aromatic carbocycles. The van der Waals surface area contributed by atoms with E-state index in [9.17, 15) is 4.79 Å². The molecule has 17 heavy (non-hydrogen) atoms. The summed E-state index contributed by atoms with van der Waals surface area (Å²) in [7, 11) is 1.86. The number of rotatable bonds is 3. The van der Waals surface area contributed by atoms with E-state index in [0.717, 1.165) is 5.69 Å². The van der Waals surface area contributed by atoms with E-state index in [1.807, 2.05) is 42.3 Å². The molecule has 1 heterocycles. The second-order valence-corrected chi connectivity index (χ2v) is 4.45. The first kappa shape index (κ1) is 11.4. The number of para-hydroxylation sites is 1. The summed E-state index contributed by atoms with van der Waals surface area (Å²) in [4.78, 5) is 17.4. The molecule has 1 aromatic heterocycles. The Balaban J connectivity index is 2.35. The fourth-order valence-corrected chi connectivity index (χ4v) is 2.22. The number of thiazole rings is 1. The third kappa shape index (κ3) is 2.21. The molecule has 88 valence electrons. The highest BCUT2D eigenvalue weighted by Crippen LogP contribution is 2.31. The van der Waals surface area contributed by atoms with Crippen molar-refractivity contribution < 1.29 is 4.79 Å². The predicted molar refractivity (Wildman–Crippen MR) is 69.5 cm³/mol. The summed E-state index contributed by atoms with van der Waals surface area (Å²) in [6.07, 6.45) is 0. The van der Waals surface area contributed by atoms with Crippen LogP contribution in [0.25, 0.3) is 0 Å². The Morgan fingerprint density at radius 2 is 2.00 bits per heavy atom. The standard InChI is InChI=1S/C11H12N4OS/c1-15(7-5-3-2-4-6-7)11-14-9(12)8(17-11)10(13)16/h2-6H,12H2,1H3,(H2,13,16). The molecule has 0 aliphatic rings. The van der Waals surface area contributed by atoms with Crippen LogP contribution < -0.4 is 16.4 Å². The van der Waals surface area contributed by atoms with Crippen molar-refractivity contribution in [1.29, 1.82) is 0 Å². The lowest BCUT2D eigenvalue weighted by atomic mass is 10.3. The van der Waals surface area contributed by atoms with Gasteiger partial charge < -0.3 is 16.4 Å². The van der Waals surface area contributed by atoms with Gasteiger partial charge in [0.15, 0.2) is 5.13 Å². The molecule has 0 atom stereocenters. The number of hydrogen-bond donors (Lipinski definition) is 2. The van der Waals surface area contributed by atoms with Crippen molar-refractivity contribution in [1.82, 2.24) is 4.98 Å². The summed E-state index contributed by atoms with van der Waals surface area (Å²) < 4.78 is 0. The lowest BCUT2D eigenvalue weighted by Gasteiger charge is -2.14. The lowest BCUT2D eigenvalue weighted by molar-refractivity contribution is 0.100. The highest BCUT2D eigenvalue weighted by Gasteiger charge is 2.16. The molecule has 0 unspecified atom stereocenters. The van der Waals surface area contributed by atoms with Crippen LogP contribution in [0.5, 0.6) is 0 Å². The highest BCUT2D eigenvalue weighted by molar-refractivity contribution is 7.18. The topological polar surface area (TPSA) is 85.2 Å². The largest absolute Gasteiger partial charge is 0.382 e. The van der Waals surface area contributed by atoms with E-state index in [1.54, 1.807) is 0 Å². The van der Waals surface area contributed by atoms with Crippen LogP contribution >= 0.6 is 11.3 Å². The highest BCUT2D eigenvalue weighted by atomic mass is 32.1. The Morgan fingerprint density at radius 3 is 2.53 bits per heavy atom.